The van der Waals surface area contributed by atoms with Crippen LogP contribution in [-0.2, 0) is 6.18 Å². The van der Waals surface area contributed by atoms with Gasteiger partial charge in [0.15, 0.2) is 0 Å². The fraction of sp³-hybridized carbons (Fsp3) is 0.571. The van der Waals surface area contributed by atoms with Crippen LogP contribution in [0.15, 0.2) is 24.3 Å². The predicted octanol–water partition coefficient (Wildman–Crippen LogP) is 3.13. The molecule has 0 aliphatic heterocycles. The van der Waals surface area contributed by atoms with Crippen molar-refractivity contribution < 1.29 is 18.3 Å². The minimum absolute atomic E-state index is 0.275. The van der Waals surface area contributed by atoms with Gasteiger partial charge < -0.3 is 10.4 Å². The quantitative estimate of drug-likeness (QED) is 0.864. The van der Waals surface area contributed by atoms with Crippen LogP contribution in [0.2, 0.25) is 0 Å². The van der Waals surface area contributed by atoms with Gasteiger partial charge in [-0.2, -0.15) is 13.2 Å². The highest BCUT2D eigenvalue weighted by atomic mass is 19.4. The molecule has 0 saturated heterocycles. The van der Waals surface area contributed by atoms with Gasteiger partial charge in [0.25, 0.3) is 0 Å². The van der Waals surface area contributed by atoms with Crippen LogP contribution in [0.4, 0.5) is 13.2 Å². The maximum absolute atomic E-state index is 12.6. The van der Waals surface area contributed by atoms with Crippen LogP contribution in [-0.4, -0.2) is 18.2 Å². The lowest BCUT2D eigenvalue weighted by molar-refractivity contribution is -0.137. The first-order valence-electron chi connectivity index (χ1n) is 6.36. The lowest BCUT2D eigenvalue weighted by Gasteiger charge is -2.16. The Morgan fingerprint density at radius 2 is 2.05 bits per heavy atom. The Morgan fingerprint density at radius 1 is 1.37 bits per heavy atom. The number of halogens is 3. The molecule has 0 amide bonds. The van der Waals surface area contributed by atoms with Crippen molar-refractivity contribution in [2.24, 2.45) is 5.41 Å². The van der Waals surface area contributed by atoms with Crippen molar-refractivity contribution in [1.82, 2.24) is 5.32 Å². The van der Waals surface area contributed by atoms with Crippen molar-refractivity contribution in [2.45, 2.75) is 32.0 Å². The van der Waals surface area contributed by atoms with E-state index in [9.17, 15) is 18.3 Å². The van der Waals surface area contributed by atoms with Crippen LogP contribution in [0.25, 0.3) is 0 Å². The average molecular weight is 273 g/mol. The average Bonchev–Trinajstić information content (AvgIpc) is 3.06. The first-order valence-corrected chi connectivity index (χ1v) is 6.36. The summed E-state index contributed by atoms with van der Waals surface area (Å²) in [5.74, 6) is 0. The van der Waals surface area contributed by atoms with Gasteiger partial charge in [-0.25, -0.2) is 0 Å². The van der Waals surface area contributed by atoms with Gasteiger partial charge in [0, 0.05) is 13.1 Å². The Kier molecular flexibility index (Phi) is 3.87. The van der Waals surface area contributed by atoms with E-state index in [0.29, 0.717) is 11.0 Å². The van der Waals surface area contributed by atoms with Crippen LogP contribution < -0.4 is 5.32 Å². The molecule has 1 aliphatic rings. The third-order valence-corrected chi connectivity index (χ3v) is 3.59. The molecule has 19 heavy (non-hydrogen) atoms. The summed E-state index contributed by atoms with van der Waals surface area (Å²) in [7, 11) is 0. The van der Waals surface area contributed by atoms with E-state index < -0.39 is 17.8 Å². The van der Waals surface area contributed by atoms with Crippen molar-refractivity contribution in [3.8, 4) is 0 Å². The predicted molar refractivity (Wildman–Crippen MR) is 66.6 cm³/mol. The van der Waals surface area contributed by atoms with Crippen molar-refractivity contribution in [3.05, 3.63) is 35.4 Å². The van der Waals surface area contributed by atoms with E-state index in [1.54, 1.807) is 0 Å². The van der Waals surface area contributed by atoms with Crippen LogP contribution in [0, 0.1) is 5.41 Å². The van der Waals surface area contributed by atoms with Gasteiger partial charge >= 0.3 is 6.18 Å². The Labute approximate surface area is 110 Å². The Morgan fingerprint density at radius 3 is 2.63 bits per heavy atom. The second kappa shape index (κ2) is 5.13. The normalized spacial score (nSPS) is 19.2. The molecule has 1 aromatic carbocycles. The molecule has 106 valence electrons. The molecule has 2 nitrogen and oxygen atoms in total. The first-order chi connectivity index (χ1) is 8.80. The van der Waals surface area contributed by atoms with Crippen LogP contribution >= 0.6 is 0 Å². The highest BCUT2D eigenvalue weighted by Crippen LogP contribution is 2.44. The smallest absolute Gasteiger partial charge is 0.387 e. The number of rotatable bonds is 5. The zero-order chi connectivity index (χ0) is 14.1. The Hall–Kier alpha value is -1.07. The van der Waals surface area contributed by atoms with Gasteiger partial charge in [0.05, 0.1) is 11.7 Å². The molecule has 0 aromatic heterocycles. The summed E-state index contributed by atoms with van der Waals surface area (Å²) in [5, 5.41) is 13.0. The second-order valence-electron chi connectivity index (χ2n) is 5.58. The van der Waals surface area contributed by atoms with Crippen molar-refractivity contribution in [3.63, 3.8) is 0 Å². The zero-order valence-electron chi connectivity index (χ0n) is 10.8. The van der Waals surface area contributed by atoms with Gasteiger partial charge in [-0.3, -0.25) is 0 Å². The fourth-order valence-corrected chi connectivity index (χ4v) is 1.94. The molecule has 1 fully saturated rings. The molecule has 1 unspecified atom stereocenters. The van der Waals surface area contributed by atoms with Crippen molar-refractivity contribution in [2.75, 3.05) is 13.1 Å². The molecule has 0 heterocycles. The summed E-state index contributed by atoms with van der Waals surface area (Å²) in [6.45, 7) is 3.22. The fourth-order valence-electron chi connectivity index (χ4n) is 1.94. The topological polar surface area (TPSA) is 32.3 Å². The molecule has 1 saturated carbocycles. The molecule has 1 aliphatic carbocycles. The van der Waals surface area contributed by atoms with Gasteiger partial charge in [-0.15, -0.1) is 0 Å². The molecule has 2 rings (SSSR count). The number of aliphatic hydroxyl groups excluding tert-OH is 1. The van der Waals surface area contributed by atoms with E-state index in [-0.39, 0.29) is 6.54 Å². The number of benzene rings is 1. The second-order valence-corrected chi connectivity index (χ2v) is 5.58. The monoisotopic (exact) mass is 273 g/mol. The molecule has 1 atom stereocenters. The van der Waals surface area contributed by atoms with Gasteiger partial charge in [-0.05, 0) is 36.0 Å². The maximum atomic E-state index is 12.6. The lowest BCUT2D eigenvalue weighted by atomic mass is 10.1. The molecule has 0 spiro atoms. The summed E-state index contributed by atoms with van der Waals surface area (Å²) >= 11 is 0. The SMILES string of the molecule is CC1(CNCC(O)c2cccc(C(F)(F)F)c2)CC1. The summed E-state index contributed by atoms with van der Waals surface area (Å²) in [5.41, 5.74) is -0.116. The third kappa shape index (κ3) is 3.94. The first kappa shape index (κ1) is 14.3. The molecular formula is C14H18F3NO. The van der Waals surface area contributed by atoms with Gasteiger partial charge in [-0.1, -0.05) is 19.1 Å². The Bertz CT molecular complexity index is 441. The molecule has 2 N–H and O–H groups in total. The number of aliphatic hydroxyl groups is 1. The number of alkyl halides is 3. The van der Waals surface area contributed by atoms with Gasteiger partial charge in [0.1, 0.15) is 0 Å². The van der Waals surface area contributed by atoms with Crippen molar-refractivity contribution >= 4 is 0 Å². The van der Waals surface area contributed by atoms with E-state index in [4.69, 9.17) is 0 Å². The highest BCUT2D eigenvalue weighted by Gasteiger charge is 2.36. The molecule has 1 aromatic rings. The number of nitrogens with one attached hydrogen (secondary N) is 1. The molecular weight excluding hydrogens is 255 g/mol. The molecule has 5 heteroatoms. The van der Waals surface area contributed by atoms with E-state index in [0.717, 1.165) is 18.7 Å². The standard InChI is InChI=1S/C14H18F3NO/c1-13(5-6-13)9-18-8-12(19)10-3-2-4-11(7-10)14(15,16)17/h2-4,7,12,18-19H,5-6,8-9H2,1H3. The van der Waals surface area contributed by atoms with E-state index in [1.165, 1.54) is 25.0 Å². The lowest BCUT2D eigenvalue weighted by Crippen LogP contribution is -2.27. The molecule has 0 bridgehead atoms. The largest absolute Gasteiger partial charge is 0.416 e. The van der Waals surface area contributed by atoms with Crippen molar-refractivity contribution in [1.29, 1.82) is 0 Å². The van der Waals surface area contributed by atoms with E-state index >= 15 is 0 Å². The van der Waals surface area contributed by atoms with Crippen LogP contribution in [0.1, 0.15) is 37.0 Å². The highest BCUT2D eigenvalue weighted by molar-refractivity contribution is 5.27. The number of hydrogen-bond donors (Lipinski definition) is 2. The maximum Gasteiger partial charge on any atom is 0.416 e. The van der Waals surface area contributed by atoms with Gasteiger partial charge in [0.2, 0.25) is 0 Å². The van der Waals surface area contributed by atoms with Crippen LogP contribution in [0.5, 0.6) is 0 Å². The molecule has 0 radical (unpaired) electrons. The Balaban J connectivity index is 1.92. The zero-order valence-corrected chi connectivity index (χ0v) is 10.8. The van der Waals surface area contributed by atoms with Crippen LogP contribution in [0.3, 0.4) is 0 Å². The van der Waals surface area contributed by atoms with E-state index in [2.05, 4.69) is 12.2 Å². The minimum Gasteiger partial charge on any atom is -0.387 e. The summed E-state index contributed by atoms with van der Waals surface area (Å²) in [6.07, 6.45) is -2.95. The number of hydrogen-bond acceptors (Lipinski definition) is 2. The summed E-state index contributed by atoms with van der Waals surface area (Å²) in [4.78, 5) is 0. The summed E-state index contributed by atoms with van der Waals surface area (Å²) in [6, 6.07) is 4.85. The third-order valence-electron chi connectivity index (χ3n) is 3.59. The van der Waals surface area contributed by atoms with E-state index in [1.807, 2.05) is 0 Å². The minimum atomic E-state index is -4.37. The summed E-state index contributed by atoms with van der Waals surface area (Å²) < 4.78 is 37.7.